The Bertz CT molecular complexity index is 4140. The van der Waals surface area contributed by atoms with E-state index in [0.29, 0.717) is 17.6 Å². The highest BCUT2D eigenvalue weighted by molar-refractivity contribution is 6.24. The minimum atomic E-state index is -0.179. The molecule has 6 heteroatoms. The molecule has 0 fully saturated rings. The summed E-state index contributed by atoms with van der Waals surface area (Å²) >= 11 is 0. The lowest BCUT2D eigenvalue weighted by Gasteiger charge is -2.21. The van der Waals surface area contributed by atoms with Crippen molar-refractivity contribution in [3.8, 4) is 56.7 Å². The fraction of sp³-hybridized carbons (Fsp3) is 0.0500. The summed E-state index contributed by atoms with van der Waals surface area (Å²) in [6, 6.07) is 71.0. The van der Waals surface area contributed by atoms with Crippen LogP contribution in [-0.2, 0) is 5.41 Å². The first-order valence-corrected chi connectivity index (χ1v) is 22.5. The van der Waals surface area contributed by atoms with E-state index in [1.165, 1.54) is 22.3 Å². The molecule has 0 atom stereocenters. The van der Waals surface area contributed by atoms with Crippen molar-refractivity contribution in [1.29, 1.82) is 0 Å². The molecule has 0 aliphatic heterocycles. The molecule has 4 aromatic heterocycles. The van der Waals surface area contributed by atoms with Gasteiger partial charge in [0.2, 0.25) is 5.95 Å². The van der Waals surface area contributed by atoms with E-state index < -0.39 is 0 Å². The highest BCUT2D eigenvalue weighted by Gasteiger charge is 2.37. The summed E-state index contributed by atoms with van der Waals surface area (Å²) in [5.41, 5.74) is 15.8. The van der Waals surface area contributed by atoms with Gasteiger partial charge in [-0.25, -0.2) is 4.98 Å². The van der Waals surface area contributed by atoms with Gasteiger partial charge in [0.05, 0.1) is 27.8 Å². The lowest BCUT2D eigenvalue weighted by molar-refractivity contribution is 0.660. The lowest BCUT2D eigenvalue weighted by atomic mass is 9.82. The van der Waals surface area contributed by atoms with Gasteiger partial charge in [0, 0.05) is 60.5 Å². The first kappa shape index (κ1) is 36.8. The summed E-state index contributed by atoms with van der Waals surface area (Å²) in [4.78, 5) is 16.3. The molecule has 4 heterocycles. The molecule has 14 rings (SSSR count). The Labute approximate surface area is 379 Å². The Hall–Kier alpha value is -8.61. The number of hydrogen-bond acceptors (Lipinski definition) is 4. The molecule has 13 aromatic rings. The van der Waals surface area contributed by atoms with Crippen LogP contribution in [0.25, 0.3) is 122 Å². The minimum absolute atomic E-state index is 0.179. The van der Waals surface area contributed by atoms with Crippen molar-refractivity contribution in [3.63, 3.8) is 0 Å². The van der Waals surface area contributed by atoms with Crippen molar-refractivity contribution in [2.45, 2.75) is 19.3 Å². The zero-order valence-corrected chi connectivity index (χ0v) is 36.2. The van der Waals surface area contributed by atoms with Crippen LogP contribution in [0.4, 0.5) is 0 Å². The van der Waals surface area contributed by atoms with E-state index in [-0.39, 0.29) is 5.41 Å². The van der Waals surface area contributed by atoms with Crippen LogP contribution in [0.5, 0.6) is 0 Å². The molecule has 0 saturated heterocycles. The average molecular weight is 846 g/mol. The second-order valence-electron chi connectivity index (χ2n) is 17.9. The number of benzene rings is 9. The third kappa shape index (κ3) is 5.15. The Morgan fingerprint density at radius 3 is 1.74 bits per heavy atom. The fourth-order valence-corrected chi connectivity index (χ4v) is 11.0. The van der Waals surface area contributed by atoms with Crippen molar-refractivity contribution in [3.05, 3.63) is 211 Å². The molecule has 9 aromatic carbocycles. The van der Waals surface area contributed by atoms with Gasteiger partial charge in [0.25, 0.3) is 0 Å². The van der Waals surface area contributed by atoms with Crippen LogP contribution in [0.3, 0.4) is 0 Å². The van der Waals surface area contributed by atoms with E-state index in [2.05, 4.69) is 199 Å². The first-order chi connectivity index (χ1) is 32.5. The second-order valence-corrected chi connectivity index (χ2v) is 17.9. The Morgan fingerprint density at radius 2 is 0.970 bits per heavy atom. The van der Waals surface area contributed by atoms with E-state index in [0.717, 1.165) is 93.5 Å². The van der Waals surface area contributed by atoms with E-state index >= 15 is 0 Å². The predicted octanol–water partition coefficient (Wildman–Crippen LogP) is 15.3. The van der Waals surface area contributed by atoms with Gasteiger partial charge in [-0.1, -0.05) is 184 Å². The SMILES string of the molecule is CC1(C)c2ccccc2-c2c(-c3nc(-c4ccccc4)nc(-n4c5ccccc5c5ccc6c7ccccc7n(-c7ccc8c(c7)oc7c(-c9ccccc9)cccc78)c6c54)n3)cccc21. The highest BCUT2D eigenvalue weighted by Crippen LogP contribution is 2.52. The molecular formula is C60H39N5O. The molecule has 0 unspecified atom stereocenters. The zero-order chi connectivity index (χ0) is 43.7. The van der Waals surface area contributed by atoms with E-state index in [9.17, 15) is 0 Å². The van der Waals surface area contributed by atoms with Crippen molar-refractivity contribution in [1.82, 2.24) is 24.1 Å². The van der Waals surface area contributed by atoms with Crippen LogP contribution >= 0.6 is 0 Å². The fourth-order valence-electron chi connectivity index (χ4n) is 11.0. The van der Waals surface area contributed by atoms with Crippen LogP contribution in [0, 0.1) is 0 Å². The normalized spacial score (nSPS) is 13.1. The molecule has 310 valence electrons. The maximum absolute atomic E-state index is 6.86. The summed E-state index contributed by atoms with van der Waals surface area (Å²) in [5.74, 6) is 1.80. The standard InChI is InChI=1S/C60H39N5O/c1-60(2)48-27-12-9-23-46(48)53-47(26-16-28-49(53)60)58-61-57(37-19-7-4-8-20-37)62-59(63-58)65-51-30-14-11-22-41(51)44-34-33-43-40-21-10-13-29-50(40)64(54(43)55(44)65)38-31-32-42-45-25-15-24-39(36-17-5-3-6-18-36)56(45)66-52(42)35-38/h3-35H,1-2H3. The largest absolute Gasteiger partial charge is 0.455 e. The third-order valence-corrected chi connectivity index (χ3v) is 14.0. The van der Waals surface area contributed by atoms with Gasteiger partial charge in [-0.2, -0.15) is 9.97 Å². The molecule has 0 spiro atoms. The molecule has 0 N–H and O–H groups in total. The Balaban J connectivity index is 1.08. The quantitative estimate of drug-likeness (QED) is 0.173. The van der Waals surface area contributed by atoms with Crippen molar-refractivity contribution in [2.75, 3.05) is 0 Å². The summed E-state index contributed by atoms with van der Waals surface area (Å²) in [7, 11) is 0. The summed E-state index contributed by atoms with van der Waals surface area (Å²) in [5, 5.41) is 6.70. The van der Waals surface area contributed by atoms with Crippen molar-refractivity contribution in [2.24, 2.45) is 0 Å². The van der Waals surface area contributed by atoms with Gasteiger partial charge in [0.1, 0.15) is 11.2 Å². The molecule has 66 heavy (non-hydrogen) atoms. The number of aromatic nitrogens is 5. The van der Waals surface area contributed by atoms with E-state index in [1.807, 2.05) is 24.3 Å². The molecule has 0 saturated carbocycles. The monoisotopic (exact) mass is 845 g/mol. The molecule has 0 radical (unpaired) electrons. The molecule has 0 bridgehead atoms. The van der Waals surface area contributed by atoms with Gasteiger partial charge in [0.15, 0.2) is 11.6 Å². The molecule has 1 aliphatic rings. The highest BCUT2D eigenvalue weighted by atomic mass is 16.3. The Morgan fingerprint density at radius 1 is 0.409 bits per heavy atom. The number of furan rings is 1. The number of para-hydroxylation sites is 3. The van der Waals surface area contributed by atoms with Crippen LogP contribution in [0.2, 0.25) is 0 Å². The van der Waals surface area contributed by atoms with Crippen LogP contribution < -0.4 is 0 Å². The molecule has 6 nitrogen and oxygen atoms in total. The lowest BCUT2D eigenvalue weighted by Crippen LogP contribution is -2.14. The first-order valence-electron chi connectivity index (χ1n) is 22.5. The van der Waals surface area contributed by atoms with Gasteiger partial charge < -0.3 is 8.98 Å². The topological polar surface area (TPSA) is 61.7 Å². The molecular weight excluding hydrogens is 807 g/mol. The van der Waals surface area contributed by atoms with Crippen LogP contribution in [0.1, 0.15) is 25.0 Å². The van der Waals surface area contributed by atoms with Crippen LogP contribution in [-0.4, -0.2) is 24.1 Å². The van der Waals surface area contributed by atoms with Gasteiger partial charge >= 0.3 is 0 Å². The zero-order valence-electron chi connectivity index (χ0n) is 36.2. The summed E-state index contributed by atoms with van der Waals surface area (Å²) in [6.07, 6.45) is 0. The Kier molecular flexibility index (Phi) is 7.64. The molecule has 0 amide bonds. The summed E-state index contributed by atoms with van der Waals surface area (Å²) < 4.78 is 11.5. The van der Waals surface area contributed by atoms with Gasteiger partial charge in [-0.15, -0.1) is 0 Å². The maximum Gasteiger partial charge on any atom is 0.238 e. The van der Waals surface area contributed by atoms with Crippen molar-refractivity contribution >= 4 is 65.6 Å². The van der Waals surface area contributed by atoms with Gasteiger partial charge in [-0.05, 0) is 52.1 Å². The number of hydrogen-bond donors (Lipinski definition) is 0. The third-order valence-electron chi connectivity index (χ3n) is 14.0. The van der Waals surface area contributed by atoms with E-state index in [4.69, 9.17) is 19.4 Å². The second kappa shape index (κ2) is 13.7. The average Bonchev–Trinajstić information content (AvgIpc) is 4.09. The summed E-state index contributed by atoms with van der Waals surface area (Å²) in [6.45, 7) is 4.62. The smallest absolute Gasteiger partial charge is 0.238 e. The minimum Gasteiger partial charge on any atom is -0.455 e. The number of rotatable bonds is 5. The number of fused-ring (bicyclic) bond motifs is 13. The van der Waals surface area contributed by atoms with Gasteiger partial charge in [-0.3, -0.25) is 4.57 Å². The predicted molar refractivity (Wildman–Crippen MR) is 270 cm³/mol. The van der Waals surface area contributed by atoms with Crippen LogP contribution in [0.15, 0.2) is 205 Å². The molecule has 1 aliphatic carbocycles. The van der Waals surface area contributed by atoms with E-state index in [1.54, 1.807) is 0 Å². The number of nitrogens with zero attached hydrogens (tertiary/aromatic N) is 5. The maximum atomic E-state index is 6.86. The van der Waals surface area contributed by atoms with Crippen molar-refractivity contribution < 1.29 is 4.42 Å².